The van der Waals surface area contributed by atoms with Crippen LogP contribution >= 0.6 is 0 Å². The fourth-order valence-corrected chi connectivity index (χ4v) is 2.56. The van der Waals surface area contributed by atoms with Crippen molar-refractivity contribution in [2.24, 2.45) is 23.7 Å². The zero-order valence-corrected chi connectivity index (χ0v) is 13.5. The van der Waals surface area contributed by atoms with Crippen LogP contribution in [0, 0.1) is 23.7 Å². The average Bonchev–Trinajstić information content (AvgIpc) is 2.38. The van der Waals surface area contributed by atoms with E-state index in [1.54, 1.807) is 0 Å². The van der Waals surface area contributed by atoms with E-state index in [2.05, 4.69) is 0 Å². The fourth-order valence-electron chi connectivity index (χ4n) is 2.56. The SMILES string of the molecule is CC(=O)C(CC(CC(C(C)=O)C(=O)O)C(C(C)=O)C(=O)O)C(=O)O. The highest BCUT2D eigenvalue weighted by molar-refractivity contribution is 6.00. The number of Topliss-reactive ketones (excluding diaryl/α,β-unsaturated/α-hetero) is 3. The van der Waals surface area contributed by atoms with Gasteiger partial charge in [0.25, 0.3) is 0 Å². The molecule has 0 radical (unpaired) electrons. The molecule has 0 fully saturated rings. The van der Waals surface area contributed by atoms with Crippen LogP contribution in [-0.2, 0) is 28.8 Å². The molecule has 3 N–H and O–H groups in total. The molecule has 24 heavy (non-hydrogen) atoms. The summed E-state index contributed by atoms with van der Waals surface area (Å²) in [5.74, 6) is -13.0. The number of carboxylic acids is 3. The van der Waals surface area contributed by atoms with E-state index in [0.29, 0.717) is 0 Å². The zero-order valence-electron chi connectivity index (χ0n) is 13.5. The molecule has 0 amide bonds. The van der Waals surface area contributed by atoms with Crippen LogP contribution in [0.25, 0.3) is 0 Å². The molecule has 0 rings (SSSR count). The monoisotopic (exact) mass is 344 g/mol. The number of carbonyl (C=O) groups excluding carboxylic acids is 3. The van der Waals surface area contributed by atoms with Gasteiger partial charge in [-0.1, -0.05) is 0 Å². The Hall–Kier alpha value is -2.58. The molecule has 0 bridgehead atoms. The molecule has 3 atom stereocenters. The molecular formula is C15H20O9. The van der Waals surface area contributed by atoms with Gasteiger partial charge in [-0.3, -0.25) is 28.8 Å². The van der Waals surface area contributed by atoms with Gasteiger partial charge in [0.15, 0.2) is 0 Å². The predicted octanol–water partition coefficient (Wildman–Crippen LogP) is 0.252. The molecular weight excluding hydrogens is 324 g/mol. The van der Waals surface area contributed by atoms with Gasteiger partial charge in [0.05, 0.1) is 0 Å². The lowest BCUT2D eigenvalue weighted by molar-refractivity contribution is -0.155. The number of rotatable bonds is 11. The van der Waals surface area contributed by atoms with Crippen LogP contribution in [0.4, 0.5) is 0 Å². The number of hydrogen-bond acceptors (Lipinski definition) is 6. The molecule has 0 spiro atoms. The van der Waals surface area contributed by atoms with Gasteiger partial charge in [-0.05, 0) is 39.5 Å². The van der Waals surface area contributed by atoms with Gasteiger partial charge in [-0.25, -0.2) is 0 Å². The highest BCUT2D eigenvalue weighted by Crippen LogP contribution is 2.30. The van der Waals surface area contributed by atoms with E-state index in [-0.39, 0.29) is 0 Å². The molecule has 3 unspecified atom stereocenters. The Morgan fingerprint density at radius 1 is 0.625 bits per heavy atom. The maximum atomic E-state index is 11.6. The third kappa shape index (κ3) is 5.90. The Kier molecular flexibility index (Phi) is 7.94. The first kappa shape index (κ1) is 21.4. The summed E-state index contributed by atoms with van der Waals surface area (Å²) >= 11 is 0. The third-order valence-corrected chi connectivity index (χ3v) is 3.83. The summed E-state index contributed by atoms with van der Waals surface area (Å²) in [5.41, 5.74) is 0. The van der Waals surface area contributed by atoms with Gasteiger partial charge >= 0.3 is 17.9 Å². The van der Waals surface area contributed by atoms with E-state index < -0.39 is 71.8 Å². The summed E-state index contributed by atoms with van der Waals surface area (Å²) in [7, 11) is 0. The number of ketones is 3. The standard InChI is InChI=1S/C15H20O9/c1-6(16)10(13(19)20)4-9(12(8(3)18)15(23)24)5-11(7(2)17)14(21)22/h9-12H,4-5H2,1-3H3,(H,19,20)(H,21,22)(H,23,24). The fraction of sp³-hybridized carbons (Fsp3) is 0.600. The molecule has 0 saturated heterocycles. The molecule has 0 saturated carbocycles. The zero-order chi connectivity index (χ0) is 19.2. The second-order valence-electron chi connectivity index (χ2n) is 5.66. The lowest BCUT2D eigenvalue weighted by atomic mass is 9.75. The van der Waals surface area contributed by atoms with Crippen molar-refractivity contribution < 1.29 is 44.1 Å². The smallest absolute Gasteiger partial charge is 0.314 e. The van der Waals surface area contributed by atoms with Gasteiger partial charge in [0, 0.05) is 0 Å². The molecule has 0 aromatic heterocycles. The Bertz CT molecular complexity index is 487. The largest absolute Gasteiger partial charge is 0.481 e. The van der Waals surface area contributed by atoms with Crippen molar-refractivity contribution in [1.82, 2.24) is 0 Å². The van der Waals surface area contributed by atoms with Crippen LogP contribution in [0.3, 0.4) is 0 Å². The lowest BCUT2D eigenvalue weighted by Crippen LogP contribution is -2.37. The van der Waals surface area contributed by atoms with Gasteiger partial charge in [0.2, 0.25) is 0 Å². The highest BCUT2D eigenvalue weighted by Gasteiger charge is 2.40. The minimum atomic E-state index is -1.70. The van der Waals surface area contributed by atoms with Crippen LogP contribution in [0.2, 0.25) is 0 Å². The van der Waals surface area contributed by atoms with Gasteiger partial charge in [-0.15, -0.1) is 0 Å². The van der Waals surface area contributed by atoms with Crippen LogP contribution in [0.5, 0.6) is 0 Å². The first-order valence-electron chi connectivity index (χ1n) is 7.09. The minimum Gasteiger partial charge on any atom is -0.481 e. The normalized spacial score (nSPS) is 15.6. The van der Waals surface area contributed by atoms with Crippen molar-refractivity contribution >= 4 is 35.3 Å². The molecule has 0 aromatic rings. The number of hydrogen-bond donors (Lipinski definition) is 3. The van der Waals surface area contributed by atoms with E-state index >= 15 is 0 Å². The maximum absolute atomic E-state index is 11.6. The Balaban J connectivity index is 5.81. The van der Waals surface area contributed by atoms with Gasteiger partial charge in [0.1, 0.15) is 35.1 Å². The van der Waals surface area contributed by atoms with Crippen molar-refractivity contribution in [2.45, 2.75) is 33.6 Å². The first-order valence-corrected chi connectivity index (χ1v) is 7.09. The van der Waals surface area contributed by atoms with Crippen molar-refractivity contribution in [1.29, 1.82) is 0 Å². The quantitative estimate of drug-likeness (QED) is 0.446. The maximum Gasteiger partial charge on any atom is 0.314 e. The highest BCUT2D eigenvalue weighted by atomic mass is 16.4. The summed E-state index contributed by atoms with van der Waals surface area (Å²) < 4.78 is 0. The predicted molar refractivity (Wildman–Crippen MR) is 78.1 cm³/mol. The first-order chi connectivity index (χ1) is 10.9. The second-order valence-corrected chi connectivity index (χ2v) is 5.66. The third-order valence-electron chi connectivity index (χ3n) is 3.83. The molecule has 0 aliphatic heterocycles. The summed E-state index contributed by atoms with van der Waals surface area (Å²) in [6, 6.07) is 0. The molecule has 0 aromatic carbocycles. The lowest BCUT2D eigenvalue weighted by Gasteiger charge is -2.26. The van der Waals surface area contributed by atoms with E-state index in [1.807, 2.05) is 0 Å². The topological polar surface area (TPSA) is 163 Å². The Morgan fingerprint density at radius 3 is 1.12 bits per heavy atom. The number of carbonyl (C=O) groups is 6. The average molecular weight is 344 g/mol. The summed E-state index contributed by atoms with van der Waals surface area (Å²) in [6.45, 7) is 2.97. The van der Waals surface area contributed by atoms with Crippen LogP contribution < -0.4 is 0 Å². The Morgan fingerprint density at radius 2 is 0.958 bits per heavy atom. The van der Waals surface area contributed by atoms with E-state index in [0.717, 1.165) is 20.8 Å². The molecule has 0 aliphatic carbocycles. The van der Waals surface area contributed by atoms with Gasteiger partial charge < -0.3 is 15.3 Å². The van der Waals surface area contributed by atoms with Crippen molar-refractivity contribution in [3.63, 3.8) is 0 Å². The van der Waals surface area contributed by atoms with Crippen molar-refractivity contribution in [3.05, 3.63) is 0 Å². The molecule has 9 heteroatoms. The number of aliphatic carboxylic acids is 3. The van der Waals surface area contributed by atoms with Crippen LogP contribution in [0.1, 0.15) is 33.6 Å². The summed E-state index contributed by atoms with van der Waals surface area (Å²) in [6.07, 6.45) is -1.09. The Labute approximate surface area is 137 Å². The van der Waals surface area contributed by atoms with Crippen LogP contribution in [0.15, 0.2) is 0 Å². The van der Waals surface area contributed by atoms with Gasteiger partial charge in [-0.2, -0.15) is 0 Å². The molecule has 9 nitrogen and oxygen atoms in total. The summed E-state index contributed by atoms with van der Waals surface area (Å²) in [5, 5.41) is 27.3. The number of carboxylic acid groups (broad SMARTS) is 3. The second kappa shape index (κ2) is 8.90. The van der Waals surface area contributed by atoms with Crippen molar-refractivity contribution in [3.8, 4) is 0 Å². The van der Waals surface area contributed by atoms with E-state index in [4.69, 9.17) is 10.2 Å². The molecule has 0 aliphatic rings. The minimum absolute atomic E-state index is 0.543. The summed E-state index contributed by atoms with van der Waals surface area (Å²) in [4.78, 5) is 68.2. The van der Waals surface area contributed by atoms with E-state index in [1.165, 1.54) is 0 Å². The molecule has 134 valence electrons. The molecule has 0 heterocycles. The van der Waals surface area contributed by atoms with E-state index in [9.17, 15) is 33.9 Å². The van der Waals surface area contributed by atoms with Crippen molar-refractivity contribution in [2.75, 3.05) is 0 Å². The van der Waals surface area contributed by atoms with Crippen LogP contribution in [-0.4, -0.2) is 50.6 Å².